The molecule has 0 bridgehead atoms. The van der Waals surface area contributed by atoms with Crippen molar-refractivity contribution in [2.75, 3.05) is 32.8 Å². The molecule has 4 heteroatoms. The number of rotatable bonds is 4. The zero-order valence-corrected chi connectivity index (χ0v) is 11.7. The molecule has 1 saturated heterocycles. The fourth-order valence-electron chi connectivity index (χ4n) is 2.08. The Bertz CT molecular complexity index is 397. The van der Waals surface area contributed by atoms with E-state index >= 15 is 0 Å². The van der Waals surface area contributed by atoms with Crippen LogP contribution in [-0.2, 0) is 4.74 Å². The van der Waals surface area contributed by atoms with E-state index < -0.39 is 0 Å². The third-order valence-electron chi connectivity index (χ3n) is 3.25. The number of likely N-dealkylation sites (N-methyl/N-ethyl adjacent to an activating group) is 1. The molecule has 0 amide bonds. The van der Waals surface area contributed by atoms with Crippen molar-refractivity contribution >= 4 is 11.6 Å². The van der Waals surface area contributed by atoms with Gasteiger partial charge in [0.2, 0.25) is 0 Å². The van der Waals surface area contributed by atoms with Gasteiger partial charge in [-0.2, -0.15) is 0 Å². The lowest BCUT2D eigenvalue weighted by atomic mass is 10.2. The van der Waals surface area contributed by atoms with Crippen molar-refractivity contribution in [2.24, 2.45) is 0 Å². The first kappa shape index (κ1) is 13.7. The molecule has 1 aromatic rings. The van der Waals surface area contributed by atoms with E-state index in [9.17, 15) is 0 Å². The van der Waals surface area contributed by atoms with Crippen LogP contribution in [0.3, 0.4) is 0 Å². The molecule has 100 valence electrons. The van der Waals surface area contributed by atoms with Gasteiger partial charge < -0.3 is 9.47 Å². The number of halogens is 1. The average Bonchev–Trinajstić information content (AvgIpc) is 2.40. The third-order valence-corrected chi connectivity index (χ3v) is 3.48. The van der Waals surface area contributed by atoms with Crippen molar-refractivity contribution in [1.29, 1.82) is 0 Å². The zero-order valence-electron chi connectivity index (χ0n) is 11.0. The highest BCUT2D eigenvalue weighted by Crippen LogP contribution is 2.23. The van der Waals surface area contributed by atoms with Crippen LogP contribution in [0.5, 0.6) is 5.75 Å². The number of nitrogens with zero attached hydrogens (tertiary/aromatic N) is 1. The molecule has 0 spiro atoms. The van der Waals surface area contributed by atoms with Crippen molar-refractivity contribution in [1.82, 2.24) is 4.90 Å². The second kappa shape index (κ2) is 6.41. The molecule has 1 heterocycles. The third kappa shape index (κ3) is 3.61. The summed E-state index contributed by atoms with van der Waals surface area (Å²) >= 11 is 5.96. The summed E-state index contributed by atoms with van der Waals surface area (Å²) in [7, 11) is 0. The van der Waals surface area contributed by atoms with Gasteiger partial charge in [-0.05, 0) is 31.2 Å². The van der Waals surface area contributed by atoms with Gasteiger partial charge in [0.25, 0.3) is 0 Å². The maximum atomic E-state index is 5.96. The monoisotopic (exact) mass is 269 g/mol. The van der Waals surface area contributed by atoms with Crippen LogP contribution >= 0.6 is 11.6 Å². The Morgan fingerprint density at radius 1 is 1.50 bits per heavy atom. The number of benzene rings is 1. The first-order chi connectivity index (χ1) is 8.69. The lowest BCUT2D eigenvalue weighted by Gasteiger charge is -2.31. The summed E-state index contributed by atoms with van der Waals surface area (Å²) in [4.78, 5) is 2.38. The molecule has 0 aliphatic carbocycles. The van der Waals surface area contributed by atoms with Crippen LogP contribution in [0, 0.1) is 6.92 Å². The minimum absolute atomic E-state index is 0.150. The van der Waals surface area contributed by atoms with E-state index in [0.29, 0.717) is 11.6 Å². The summed E-state index contributed by atoms with van der Waals surface area (Å²) in [6.45, 7) is 8.58. The van der Waals surface area contributed by atoms with Gasteiger partial charge in [0, 0.05) is 18.1 Å². The Balaban J connectivity index is 1.89. The summed E-state index contributed by atoms with van der Waals surface area (Å²) in [5.41, 5.74) is 1.10. The minimum Gasteiger partial charge on any atom is -0.491 e. The molecule has 1 unspecified atom stereocenters. The lowest BCUT2D eigenvalue weighted by molar-refractivity contribution is -0.0464. The molecule has 3 nitrogen and oxygen atoms in total. The van der Waals surface area contributed by atoms with Gasteiger partial charge in [-0.25, -0.2) is 0 Å². The predicted octanol–water partition coefficient (Wildman–Crippen LogP) is 2.75. The van der Waals surface area contributed by atoms with Gasteiger partial charge in [0.1, 0.15) is 18.5 Å². The smallest absolute Gasteiger partial charge is 0.123 e. The maximum absolute atomic E-state index is 5.96. The number of hydrogen-bond donors (Lipinski definition) is 0. The largest absolute Gasteiger partial charge is 0.491 e. The van der Waals surface area contributed by atoms with Crippen LogP contribution in [0.1, 0.15) is 12.5 Å². The van der Waals surface area contributed by atoms with Crippen molar-refractivity contribution in [2.45, 2.75) is 20.0 Å². The van der Waals surface area contributed by atoms with Gasteiger partial charge in [0.05, 0.1) is 6.61 Å². The highest BCUT2D eigenvalue weighted by molar-refractivity contribution is 6.30. The van der Waals surface area contributed by atoms with Crippen molar-refractivity contribution < 1.29 is 9.47 Å². The first-order valence-corrected chi connectivity index (χ1v) is 6.79. The first-order valence-electron chi connectivity index (χ1n) is 6.42. The number of aryl methyl sites for hydroxylation is 1. The standard InChI is InChI=1S/C14H20ClNO2/c1-3-16-6-7-17-13(9-16)10-18-14-8-12(15)5-4-11(14)2/h4-5,8,13H,3,6-7,9-10H2,1-2H3. The average molecular weight is 270 g/mol. The molecule has 18 heavy (non-hydrogen) atoms. The molecule has 0 radical (unpaired) electrons. The summed E-state index contributed by atoms with van der Waals surface area (Å²) in [5.74, 6) is 0.847. The van der Waals surface area contributed by atoms with E-state index in [4.69, 9.17) is 21.1 Å². The van der Waals surface area contributed by atoms with E-state index in [0.717, 1.165) is 37.6 Å². The molecule has 1 aliphatic heterocycles. The topological polar surface area (TPSA) is 21.7 Å². The molecular formula is C14H20ClNO2. The van der Waals surface area contributed by atoms with Gasteiger partial charge in [-0.15, -0.1) is 0 Å². The summed E-state index contributed by atoms with van der Waals surface area (Å²) < 4.78 is 11.5. The second-order valence-electron chi connectivity index (χ2n) is 4.61. The molecule has 1 fully saturated rings. The summed E-state index contributed by atoms with van der Waals surface area (Å²) in [6, 6.07) is 5.70. The van der Waals surface area contributed by atoms with E-state index in [1.807, 2.05) is 25.1 Å². The van der Waals surface area contributed by atoms with Crippen LogP contribution in [0.2, 0.25) is 5.02 Å². The fourth-order valence-corrected chi connectivity index (χ4v) is 2.24. The van der Waals surface area contributed by atoms with E-state index in [1.54, 1.807) is 0 Å². The summed E-state index contributed by atoms with van der Waals surface area (Å²) in [6.07, 6.45) is 0.150. The van der Waals surface area contributed by atoms with Crippen molar-refractivity contribution in [3.8, 4) is 5.75 Å². The maximum Gasteiger partial charge on any atom is 0.123 e. The van der Waals surface area contributed by atoms with Gasteiger partial charge in [-0.3, -0.25) is 4.90 Å². The SMILES string of the molecule is CCN1CCOC(COc2cc(Cl)ccc2C)C1. The number of morpholine rings is 1. The quantitative estimate of drug-likeness (QED) is 0.839. The van der Waals surface area contributed by atoms with Crippen LogP contribution < -0.4 is 4.74 Å². The molecular weight excluding hydrogens is 250 g/mol. The second-order valence-corrected chi connectivity index (χ2v) is 5.04. The summed E-state index contributed by atoms with van der Waals surface area (Å²) in [5, 5.41) is 0.704. The molecule has 1 atom stereocenters. The van der Waals surface area contributed by atoms with Crippen LogP contribution in [0.15, 0.2) is 18.2 Å². The number of ether oxygens (including phenoxy) is 2. The van der Waals surface area contributed by atoms with E-state index in [2.05, 4.69) is 11.8 Å². The Hall–Kier alpha value is -0.770. The highest BCUT2D eigenvalue weighted by Gasteiger charge is 2.19. The lowest BCUT2D eigenvalue weighted by Crippen LogP contribution is -2.44. The van der Waals surface area contributed by atoms with Crippen molar-refractivity contribution in [3.63, 3.8) is 0 Å². The normalized spacial score (nSPS) is 20.9. The van der Waals surface area contributed by atoms with Gasteiger partial charge in [0.15, 0.2) is 0 Å². The highest BCUT2D eigenvalue weighted by atomic mass is 35.5. The predicted molar refractivity (Wildman–Crippen MR) is 73.5 cm³/mol. The van der Waals surface area contributed by atoms with Crippen LogP contribution in [0.25, 0.3) is 0 Å². The molecule has 0 saturated carbocycles. The van der Waals surface area contributed by atoms with Crippen LogP contribution in [-0.4, -0.2) is 43.9 Å². The zero-order chi connectivity index (χ0) is 13.0. The van der Waals surface area contributed by atoms with E-state index in [1.165, 1.54) is 0 Å². The molecule has 2 rings (SSSR count). The van der Waals surface area contributed by atoms with Gasteiger partial charge >= 0.3 is 0 Å². The molecule has 0 aromatic heterocycles. The number of hydrogen-bond acceptors (Lipinski definition) is 3. The van der Waals surface area contributed by atoms with Crippen LogP contribution in [0.4, 0.5) is 0 Å². The minimum atomic E-state index is 0.150. The molecule has 1 aromatic carbocycles. The Labute approximate surface area is 114 Å². The fraction of sp³-hybridized carbons (Fsp3) is 0.571. The van der Waals surface area contributed by atoms with E-state index in [-0.39, 0.29) is 6.10 Å². The molecule has 0 N–H and O–H groups in total. The Morgan fingerprint density at radius 2 is 2.33 bits per heavy atom. The molecule has 1 aliphatic rings. The van der Waals surface area contributed by atoms with Gasteiger partial charge in [-0.1, -0.05) is 24.6 Å². The Kier molecular flexibility index (Phi) is 4.87. The Morgan fingerprint density at radius 3 is 3.11 bits per heavy atom. The van der Waals surface area contributed by atoms with Crippen molar-refractivity contribution in [3.05, 3.63) is 28.8 Å².